The number of hydrogen-bond acceptors (Lipinski definition) is 5. The highest BCUT2D eigenvalue weighted by molar-refractivity contribution is 7.22. The molecule has 24 heavy (non-hydrogen) atoms. The molecule has 132 valence electrons. The zero-order valence-corrected chi connectivity index (χ0v) is 14.0. The Balaban J connectivity index is 2.09. The molecule has 2 aromatic rings. The SMILES string of the molecule is CCC(C)C(N)C(=O)Nc1nc2ccc(OCC(F)(F)F)cc2s1. The highest BCUT2D eigenvalue weighted by Crippen LogP contribution is 2.30. The maximum atomic E-state index is 12.2. The molecule has 0 spiro atoms. The van der Waals surface area contributed by atoms with E-state index in [1.54, 1.807) is 6.07 Å². The number of amides is 1. The van der Waals surface area contributed by atoms with E-state index >= 15 is 0 Å². The Labute approximate surface area is 141 Å². The van der Waals surface area contributed by atoms with Crippen molar-refractivity contribution in [1.29, 1.82) is 0 Å². The Morgan fingerprint density at radius 2 is 2.17 bits per heavy atom. The van der Waals surface area contributed by atoms with Gasteiger partial charge in [0.15, 0.2) is 11.7 Å². The van der Waals surface area contributed by atoms with Crippen molar-refractivity contribution >= 4 is 32.6 Å². The fraction of sp³-hybridized carbons (Fsp3) is 0.467. The molecule has 2 rings (SSSR count). The summed E-state index contributed by atoms with van der Waals surface area (Å²) in [5, 5.41) is 2.99. The minimum atomic E-state index is -4.39. The van der Waals surface area contributed by atoms with Crippen LogP contribution in [0.5, 0.6) is 5.75 Å². The largest absolute Gasteiger partial charge is 0.484 e. The maximum Gasteiger partial charge on any atom is 0.422 e. The normalized spacial score (nSPS) is 14.4. The molecule has 1 aromatic carbocycles. The predicted octanol–water partition coefficient (Wildman–Crippen LogP) is 3.55. The average molecular weight is 361 g/mol. The number of thiazole rings is 1. The highest BCUT2D eigenvalue weighted by atomic mass is 32.1. The number of carbonyl (C=O) groups excluding carboxylic acids is 1. The molecule has 1 amide bonds. The van der Waals surface area contributed by atoms with Gasteiger partial charge >= 0.3 is 6.18 Å². The number of nitrogens with two attached hydrogens (primary N) is 1. The van der Waals surface area contributed by atoms with Crippen molar-refractivity contribution in [2.45, 2.75) is 32.5 Å². The molecule has 5 nitrogen and oxygen atoms in total. The second-order valence-electron chi connectivity index (χ2n) is 5.45. The van der Waals surface area contributed by atoms with Crippen molar-refractivity contribution in [3.05, 3.63) is 18.2 Å². The first-order chi connectivity index (χ1) is 11.2. The third-order valence-corrected chi connectivity index (χ3v) is 4.49. The Morgan fingerprint density at radius 1 is 1.46 bits per heavy atom. The van der Waals surface area contributed by atoms with Crippen LogP contribution in [0, 0.1) is 5.92 Å². The Hall–Kier alpha value is -1.87. The molecule has 0 saturated carbocycles. The second kappa shape index (κ2) is 7.35. The average Bonchev–Trinajstić information content (AvgIpc) is 2.91. The zero-order chi connectivity index (χ0) is 17.9. The van der Waals surface area contributed by atoms with Crippen molar-refractivity contribution in [3.8, 4) is 5.75 Å². The molecule has 2 unspecified atom stereocenters. The van der Waals surface area contributed by atoms with Crippen LogP contribution in [0.15, 0.2) is 18.2 Å². The van der Waals surface area contributed by atoms with Crippen LogP contribution in [0.4, 0.5) is 18.3 Å². The number of nitrogens with one attached hydrogen (secondary N) is 1. The summed E-state index contributed by atoms with van der Waals surface area (Å²) in [6.07, 6.45) is -3.62. The van der Waals surface area contributed by atoms with Crippen LogP contribution in [0.25, 0.3) is 10.2 Å². The number of benzene rings is 1. The number of anilines is 1. The lowest BCUT2D eigenvalue weighted by Crippen LogP contribution is -2.40. The molecular formula is C15H18F3N3O2S. The molecule has 1 heterocycles. The number of carbonyl (C=O) groups is 1. The van der Waals surface area contributed by atoms with Gasteiger partial charge in [-0.05, 0) is 24.1 Å². The number of hydrogen-bond donors (Lipinski definition) is 2. The van der Waals surface area contributed by atoms with Crippen molar-refractivity contribution < 1.29 is 22.7 Å². The van der Waals surface area contributed by atoms with E-state index < -0.39 is 18.8 Å². The summed E-state index contributed by atoms with van der Waals surface area (Å²) in [6, 6.07) is 3.77. The van der Waals surface area contributed by atoms with Crippen LogP contribution in [0.2, 0.25) is 0 Å². The molecular weight excluding hydrogens is 343 g/mol. The molecule has 0 aliphatic carbocycles. The summed E-state index contributed by atoms with van der Waals surface area (Å²) < 4.78 is 41.8. The fourth-order valence-electron chi connectivity index (χ4n) is 1.91. The van der Waals surface area contributed by atoms with Crippen LogP contribution in [0.1, 0.15) is 20.3 Å². The number of ether oxygens (including phenoxy) is 1. The van der Waals surface area contributed by atoms with Gasteiger partial charge in [0.1, 0.15) is 5.75 Å². The standard InChI is InChI=1S/C15H18F3N3O2S/c1-3-8(2)12(19)13(22)21-14-20-10-5-4-9(6-11(10)24-14)23-7-15(16,17)18/h4-6,8,12H,3,7,19H2,1-2H3,(H,20,21,22). The zero-order valence-electron chi connectivity index (χ0n) is 13.2. The van der Waals surface area contributed by atoms with Gasteiger partial charge in [-0.2, -0.15) is 13.2 Å². The van der Waals surface area contributed by atoms with E-state index in [1.807, 2.05) is 13.8 Å². The van der Waals surface area contributed by atoms with Crippen LogP contribution in [0.3, 0.4) is 0 Å². The van der Waals surface area contributed by atoms with Crippen LogP contribution in [-0.4, -0.2) is 29.7 Å². The first-order valence-corrected chi connectivity index (χ1v) is 8.18. The number of aromatic nitrogens is 1. The molecule has 0 fully saturated rings. The third-order valence-electron chi connectivity index (χ3n) is 3.55. The van der Waals surface area contributed by atoms with Crippen LogP contribution >= 0.6 is 11.3 Å². The number of halogens is 3. The molecule has 0 aliphatic rings. The van der Waals surface area contributed by atoms with Crippen molar-refractivity contribution in [2.24, 2.45) is 11.7 Å². The summed E-state index contributed by atoms with van der Waals surface area (Å²) in [7, 11) is 0. The minimum absolute atomic E-state index is 0.0294. The Kier molecular flexibility index (Phi) is 5.66. The van der Waals surface area contributed by atoms with Crippen molar-refractivity contribution in [3.63, 3.8) is 0 Å². The molecule has 0 aliphatic heterocycles. The monoisotopic (exact) mass is 361 g/mol. The Morgan fingerprint density at radius 3 is 2.79 bits per heavy atom. The molecule has 0 saturated heterocycles. The smallest absolute Gasteiger partial charge is 0.422 e. The number of nitrogens with zero attached hydrogens (tertiary/aromatic N) is 1. The first kappa shape index (κ1) is 18.5. The van der Waals surface area contributed by atoms with Crippen LogP contribution < -0.4 is 15.8 Å². The minimum Gasteiger partial charge on any atom is -0.484 e. The van der Waals surface area contributed by atoms with Gasteiger partial charge < -0.3 is 15.8 Å². The van der Waals surface area contributed by atoms with Gasteiger partial charge in [-0.1, -0.05) is 31.6 Å². The van der Waals surface area contributed by atoms with E-state index in [2.05, 4.69) is 10.3 Å². The summed E-state index contributed by atoms with van der Waals surface area (Å²) in [6.45, 7) is 2.47. The van der Waals surface area contributed by atoms with E-state index in [-0.39, 0.29) is 17.6 Å². The van der Waals surface area contributed by atoms with Gasteiger partial charge in [0, 0.05) is 0 Å². The number of rotatable bonds is 6. The van der Waals surface area contributed by atoms with Gasteiger partial charge in [0.2, 0.25) is 5.91 Å². The summed E-state index contributed by atoms with van der Waals surface area (Å²) in [5.41, 5.74) is 6.42. The molecule has 9 heteroatoms. The number of fused-ring (bicyclic) bond motifs is 1. The lowest BCUT2D eigenvalue weighted by molar-refractivity contribution is -0.153. The maximum absolute atomic E-state index is 12.2. The topological polar surface area (TPSA) is 77.2 Å². The second-order valence-corrected chi connectivity index (χ2v) is 6.48. The van der Waals surface area contributed by atoms with E-state index in [4.69, 9.17) is 10.5 Å². The molecule has 3 N–H and O–H groups in total. The molecule has 1 aromatic heterocycles. The number of alkyl halides is 3. The summed E-state index contributed by atoms with van der Waals surface area (Å²) in [5.74, 6) is -0.212. The van der Waals surface area contributed by atoms with Gasteiger partial charge in [-0.25, -0.2) is 4.98 Å². The van der Waals surface area contributed by atoms with E-state index in [0.29, 0.717) is 15.3 Å². The Bertz CT molecular complexity index is 718. The van der Waals surface area contributed by atoms with Crippen LogP contribution in [-0.2, 0) is 4.79 Å². The first-order valence-electron chi connectivity index (χ1n) is 7.36. The van der Waals surface area contributed by atoms with Gasteiger partial charge in [0.25, 0.3) is 0 Å². The van der Waals surface area contributed by atoms with E-state index in [1.165, 1.54) is 12.1 Å². The summed E-state index contributed by atoms with van der Waals surface area (Å²) >= 11 is 1.15. The van der Waals surface area contributed by atoms with E-state index in [9.17, 15) is 18.0 Å². The molecule has 0 radical (unpaired) electrons. The van der Waals surface area contributed by atoms with Gasteiger partial charge in [-0.15, -0.1) is 0 Å². The third kappa shape index (κ3) is 4.81. The van der Waals surface area contributed by atoms with Crippen molar-refractivity contribution in [2.75, 3.05) is 11.9 Å². The molecule has 2 atom stereocenters. The molecule has 0 bridgehead atoms. The predicted molar refractivity (Wildman–Crippen MR) is 87.2 cm³/mol. The van der Waals surface area contributed by atoms with Gasteiger partial charge in [-0.3, -0.25) is 4.79 Å². The van der Waals surface area contributed by atoms with Crippen molar-refractivity contribution in [1.82, 2.24) is 4.98 Å². The lowest BCUT2D eigenvalue weighted by atomic mass is 10.00. The highest BCUT2D eigenvalue weighted by Gasteiger charge is 2.28. The fourth-order valence-corrected chi connectivity index (χ4v) is 2.81. The van der Waals surface area contributed by atoms with Gasteiger partial charge in [0.05, 0.1) is 16.3 Å². The summed E-state index contributed by atoms with van der Waals surface area (Å²) in [4.78, 5) is 16.3. The lowest BCUT2D eigenvalue weighted by Gasteiger charge is -2.16. The van der Waals surface area contributed by atoms with E-state index in [0.717, 1.165) is 17.8 Å². The quantitative estimate of drug-likeness (QED) is 0.825.